The SMILES string of the molecule is CN=C(NCCCNC(=O)OC(C)(C)C)NCc1c(F)cccc1OC(F)F.I. The van der Waals surface area contributed by atoms with E-state index in [1.54, 1.807) is 20.8 Å². The van der Waals surface area contributed by atoms with Crippen molar-refractivity contribution in [1.82, 2.24) is 16.0 Å². The average Bonchev–Trinajstić information content (AvgIpc) is 2.57. The number of benzene rings is 1. The number of alkyl carbamates (subject to hydrolysis) is 1. The van der Waals surface area contributed by atoms with Crippen molar-refractivity contribution < 1.29 is 27.4 Å². The molecule has 0 spiro atoms. The Hall–Kier alpha value is -1.92. The maximum Gasteiger partial charge on any atom is 0.407 e. The van der Waals surface area contributed by atoms with E-state index in [4.69, 9.17) is 4.74 Å². The Morgan fingerprint density at radius 1 is 1.17 bits per heavy atom. The molecule has 0 saturated heterocycles. The lowest BCUT2D eigenvalue weighted by Crippen LogP contribution is -2.39. The fraction of sp³-hybridized carbons (Fsp3) is 0.556. The summed E-state index contributed by atoms with van der Waals surface area (Å²) in [5, 5.41) is 8.43. The normalized spacial score (nSPS) is 11.5. The lowest BCUT2D eigenvalue weighted by Gasteiger charge is -2.19. The quantitative estimate of drug-likeness (QED) is 0.206. The number of aliphatic imine (C=N–C) groups is 1. The predicted molar refractivity (Wildman–Crippen MR) is 116 cm³/mol. The third-order valence-electron chi connectivity index (χ3n) is 3.26. The second kappa shape index (κ2) is 13.3. The van der Waals surface area contributed by atoms with Crippen LogP contribution < -0.4 is 20.7 Å². The summed E-state index contributed by atoms with van der Waals surface area (Å²) < 4.78 is 48.3. The summed E-state index contributed by atoms with van der Waals surface area (Å²) in [6.07, 6.45) is 0.0838. The van der Waals surface area contributed by atoms with Crippen LogP contribution in [0.25, 0.3) is 0 Å². The summed E-state index contributed by atoms with van der Waals surface area (Å²) >= 11 is 0. The molecule has 1 aromatic carbocycles. The number of alkyl halides is 2. The predicted octanol–water partition coefficient (Wildman–Crippen LogP) is 3.62. The molecule has 0 saturated carbocycles. The monoisotopic (exact) mass is 532 g/mol. The van der Waals surface area contributed by atoms with E-state index >= 15 is 0 Å². The van der Waals surface area contributed by atoms with Crippen molar-refractivity contribution in [2.75, 3.05) is 20.1 Å². The number of halogens is 4. The van der Waals surface area contributed by atoms with Gasteiger partial charge >= 0.3 is 12.7 Å². The maximum atomic E-state index is 13.9. The first kappa shape index (κ1) is 27.1. The molecule has 11 heteroatoms. The summed E-state index contributed by atoms with van der Waals surface area (Å²) in [6, 6.07) is 3.72. The molecular formula is C18H28F3IN4O3. The fourth-order valence-corrected chi connectivity index (χ4v) is 2.11. The molecule has 0 unspecified atom stereocenters. The molecule has 0 aliphatic heterocycles. The number of rotatable bonds is 8. The van der Waals surface area contributed by atoms with Gasteiger partial charge in [-0.25, -0.2) is 9.18 Å². The van der Waals surface area contributed by atoms with Crippen LogP contribution in [-0.4, -0.2) is 44.4 Å². The number of ether oxygens (including phenoxy) is 2. The summed E-state index contributed by atoms with van der Waals surface area (Å²) in [5.41, 5.74) is -0.592. The Kier molecular flexibility index (Phi) is 12.4. The number of nitrogens with zero attached hydrogens (tertiary/aromatic N) is 1. The summed E-state index contributed by atoms with van der Waals surface area (Å²) in [7, 11) is 1.52. The summed E-state index contributed by atoms with van der Waals surface area (Å²) in [6.45, 7) is 3.04. The number of carbonyl (C=O) groups is 1. The number of amides is 1. The second-order valence-electron chi connectivity index (χ2n) is 6.73. The molecule has 0 fully saturated rings. The molecule has 29 heavy (non-hydrogen) atoms. The lowest BCUT2D eigenvalue weighted by molar-refractivity contribution is -0.0506. The Morgan fingerprint density at radius 3 is 2.41 bits per heavy atom. The topological polar surface area (TPSA) is 84.0 Å². The molecule has 3 N–H and O–H groups in total. The van der Waals surface area contributed by atoms with Crippen LogP contribution in [-0.2, 0) is 11.3 Å². The summed E-state index contributed by atoms with van der Waals surface area (Å²) in [4.78, 5) is 15.5. The number of nitrogens with one attached hydrogen (secondary N) is 3. The standard InChI is InChI=1S/C18H27F3N4O3.HI/c1-18(2,3)28-17(26)24-10-6-9-23-16(22-4)25-11-12-13(19)7-5-8-14(12)27-15(20)21;/h5,7-8,15H,6,9-11H2,1-4H3,(H,24,26)(H2,22,23,25);1H. The minimum atomic E-state index is -3.05. The van der Waals surface area contributed by atoms with Crippen molar-refractivity contribution >= 4 is 36.0 Å². The highest BCUT2D eigenvalue weighted by atomic mass is 127. The summed E-state index contributed by atoms with van der Waals surface area (Å²) in [5.74, 6) is -0.550. The molecule has 0 aromatic heterocycles. The third-order valence-corrected chi connectivity index (χ3v) is 3.26. The van der Waals surface area contributed by atoms with Crippen molar-refractivity contribution in [3.05, 3.63) is 29.6 Å². The Labute approximate surface area is 185 Å². The van der Waals surface area contributed by atoms with Crippen LogP contribution >= 0.6 is 24.0 Å². The maximum absolute atomic E-state index is 13.9. The number of guanidine groups is 1. The van der Waals surface area contributed by atoms with Gasteiger partial charge in [-0.05, 0) is 39.3 Å². The zero-order chi connectivity index (χ0) is 21.2. The van der Waals surface area contributed by atoms with E-state index in [1.165, 1.54) is 19.2 Å². The highest BCUT2D eigenvalue weighted by Gasteiger charge is 2.16. The highest BCUT2D eigenvalue weighted by molar-refractivity contribution is 14.0. The average molecular weight is 532 g/mol. The molecule has 1 amide bonds. The largest absolute Gasteiger partial charge is 0.444 e. The molecule has 1 rings (SSSR count). The van der Waals surface area contributed by atoms with Crippen LogP contribution in [0.1, 0.15) is 32.8 Å². The van der Waals surface area contributed by atoms with Crippen molar-refractivity contribution in [2.24, 2.45) is 4.99 Å². The van der Waals surface area contributed by atoms with E-state index in [0.717, 1.165) is 6.07 Å². The molecule has 0 radical (unpaired) electrons. The first-order chi connectivity index (χ1) is 13.1. The van der Waals surface area contributed by atoms with Gasteiger partial charge in [-0.3, -0.25) is 4.99 Å². The van der Waals surface area contributed by atoms with Gasteiger partial charge in [-0.2, -0.15) is 8.78 Å². The van der Waals surface area contributed by atoms with Crippen LogP contribution in [0.15, 0.2) is 23.2 Å². The molecule has 7 nitrogen and oxygen atoms in total. The van der Waals surface area contributed by atoms with E-state index in [9.17, 15) is 18.0 Å². The van der Waals surface area contributed by atoms with E-state index in [1.807, 2.05) is 0 Å². The molecule has 0 aliphatic carbocycles. The van der Waals surface area contributed by atoms with Crippen molar-refractivity contribution in [1.29, 1.82) is 0 Å². The zero-order valence-corrected chi connectivity index (χ0v) is 19.2. The minimum absolute atomic E-state index is 0. The van der Waals surface area contributed by atoms with Gasteiger partial charge in [0.1, 0.15) is 17.2 Å². The molecule has 1 aromatic rings. The molecule has 0 aliphatic rings. The molecule has 166 valence electrons. The highest BCUT2D eigenvalue weighted by Crippen LogP contribution is 2.23. The second-order valence-corrected chi connectivity index (χ2v) is 6.73. The van der Waals surface area contributed by atoms with Crippen LogP contribution in [0.3, 0.4) is 0 Å². The molecule has 0 heterocycles. The van der Waals surface area contributed by atoms with Crippen LogP contribution in [0.4, 0.5) is 18.0 Å². The number of hydrogen-bond donors (Lipinski definition) is 3. The number of carbonyl (C=O) groups excluding carboxylic acids is 1. The van der Waals surface area contributed by atoms with E-state index in [2.05, 4.69) is 25.7 Å². The van der Waals surface area contributed by atoms with Gasteiger partial charge in [-0.1, -0.05) is 6.07 Å². The van der Waals surface area contributed by atoms with Crippen LogP contribution in [0, 0.1) is 5.82 Å². The minimum Gasteiger partial charge on any atom is -0.444 e. The van der Waals surface area contributed by atoms with Gasteiger partial charge in [-0.15, -0.1) is 24.0 Å². The fourth-order valence-electron chi connectivity index (χ4n) is 2.11. The van der Waals surface area contributed by atoms with Crippen LogP contribution in [0.2, 0.25) is 0 Å². The van der Waals surface area contributed by atoms with Crippen molar-refractivity contribution in [3.63, 3.8) is 0 Å². The van der Waals surface area contributed by atoms with E-state index in [0.29, 0.717) is 25.5 Å². The number of hydrogen-bond acceptors (Lipinski definition) is 4. The van der Waals surface area contributed by atoms with Gasteiger partial charge in [0, 0.05) is 32.2 Å². The van der Waals surface area contributed by atoms with Gasteiger partial charge in [0.25, 0.3) is 0 Å². The van der Waals surface area contributed by atoms with Crippen LogP contribution in [0.5, 0.6) is 5.75 Å². The van der Waals surface area contributed by atoms with Gasteiger partial charge in [0.05, 0.1) is 0 Å². The zero-order valence-electron chi connectivity index (χ0n) is 16.9. The van der Waals surface area contributed by atoms with Gasteiger partial charge < -0.3 is 25.4 Å². The Morgan fingerprint density at radius 2 is 1.83 bits per heavy atom. The van der Waals surface area contributed by atoms with E-state index < -0.39 is 24.1 Å². The molecule has 0 atom stereocenters. The Balaban J connectivity index is 0.00000784. The molecular weight excluding hydrogens is 504 g/mol. The first-order valence-electron chi connectivity index (χ1n) is 8.76. The van der Waals surface area contributed by atoms with Crippen molar-refractivity contribution in [2.45, 2.75) is 45.9 Å². The first-order valence-corrected chi connectivity index (χ1v) is 8.76. The third kappa shape index (κ3) is 11.6. The van der Waals surface area contributed by atoms with Gasteiger partial charge in [0.2, 0.25) is 0 Å². The van der Waals surface area contributed by atoms with E-state index in [-0.39, 0.29) is 41.8 Å². The molecule has 0 bridgehead atoms. The van der Waals surface area contributed by atoms with Crippen molar-refractivity contribution in [3.8, 4) is 5.75 Å². The lowest BCUT2D eigenvalue weighted by atomic mass is 10.2. The van der Waals surface area contributed by atoms with Gasteiger partial charge in [0.15, 0.2) is 5.96 Å². The Bertz CT molecular complexity index is 670. The smallest absolute Gasteiger partial charge is 0.407 e.